The summed E-state index contributed by atoms with van der Waals surface area (Å²) in [6.45, 7) is 2.06. The molecule has 0 radical (unpaired) electrons. The minimum Gasteiger partial charge on any atom is -0.466 e. The fourth-order valence-electron chi connectivity index (χ4n) is 1.46. The first-order valence-electron chi connectivity index (χ1n) is 4.47. The van der Waals surface area contributed by atoms with E-state index in [9.17, 15) is 0 Å². The molecule has 2 aromatic rings. The number of nitrogens with two attached hydrogens (primary N) is 1. The van der Waals surface area contributed by atoms with Crippen LogP contribution in [0.15, 0.2) is 32.7 Å². The highest BCUT2D eigenvalue weighted by molar-refractivity contribution is 9.10. The molecule has 0 aliphatic carbocycles. The molecule has 2 aromatic heterocycles. The van der Waals surface area contributed by atoms with Crippen molar-refractivity contribution in [2.24, 2.45) is 5.84 Å². The van der Waals surface area contributed by atoms with Crippen LogP contribution in [-0.4, -0.2) is 0 Å². The normalized spacial score (nSPS) is 13.0. The maximum atomic E-state index is 5.57. The topological polar surface area (TPSA) is 51.2 Å². The largest absolute Gasteiger partial charge is 0.466 e. The molecule has 0 spiro atoms. The van der Waals surface area contributed by atoms with Crippen LogP contribution in [0.5, 0.6) is 0 Å². The molecule has 80 valence electrons. The summed E-state index contributed by atoms with van der Waals surface area (Å²) in [6, 6.07) is 3.85. The average Bonchev–Trinajstić information content (AvgIpc) is 2.80. The molecule has 0 amide bonds. The van der Waals surface area contributed by atoms with Gasteiger partial charge in [0.25, 0.3) is 0 Å². The summed E-state index contributed by atoms with van der Waals surface area (Å²) in [7, 11) is 0. The lowest BCUT2D eigenvalue weighted by Crippen LogP contribution is -2.28. The third kappa shape index (κ3) is 2.01. The Morgan fingerprint density at radius 2 is 2.33 bits per heavy atom. The molecule has 15 heavy (non-hydrogen) atoms. The highest BCUT2D eigenvalue weighted by Gasteiger charge is 2.21. The van der Waals surface area contributed by atoms with Crippen molar-refractivity contribution in [1.29, 1.82) is 0 Å². The van der Waals surface area contributed by atoms with E-state index in [0.29, 0.717) is 0 Å². The van der Waals surface area contributed by atoms with Crippen molar-refractivity contribution in [3.05, 3.63) is 44.4 Å². The van der Waals surface area contributed by atoms with Gasteiger partial charge >= 0.3 is 0 Å². The molecule has 1 atom stereocenters. The molecule has 0 aliphatic rings. The Kier molecular flexibility index (Phi) is 3.25. The van der Waals surface area contributed by atoms with Gasteiger partial charge in [-0.15, -0.1) is 11.3 Å². The Morgan fingerprint density at radius 3 is 2.80 bits per heavy atom. The predicted octanol–water partition coefficient (Wildman–Crippen LogP) is 2.96. The number of hydrogen-bond acceptors (Lipinski definition) is 4. The lowest BCUT2D eigenvalue weighted by Gasteiger charge is -2.13. The molecular weight excluding hydrogens is 276 g/mol. The van der Waals surface area contributed by atoms with E-state index in [1.165, 1.54) is 10.4 Å². The lowest BCUT2D eigenvalue weighted by molar-refractivity contribution is 0.452. The van der Waals surface area contributed by atoms with Crippen molar-refractivity contribution in [1.82, 2.24) is 5.43 Å². The fraction of sp³-hybridized carbons (Fsp3) is 0.200. The van der Waals surface area contributed by atoms with Crippen LogP contribution in [0.3, 0.4) is 0 Å². The van der Waals surface area contributed by atoms with Gasteiger partial charge in [0.1, 0.15) is 11.8 Å². The van der Waals surface area contributed by atoms with Crippen molar-refractivity contribution in [2.75, 3.05) is 0 Å². The van der Waals surface area contributed by atoms with Gasteiger partial charge < -0.3 is 4.42 Å². The molecule has 0 saturated carbocycles. The van der Waals surface area contributed by atoms with E-state index in [-0.39, 0.29) is 6.04 Å². The highest BCUT2D eigenvalue weighted by atomic mass is 79.9. The van der Waals surface area contributed by atoms with E-state index < -0.39 is 0 Å². The second-order valence-electron chi connectivity index (χ2n) is 3.20. The fourth-order valence-corrected chi connectivity index (χ4v) is 2.88. The second-order valence-corrected chi connectivity index (χ2v) is 5.00. The molecule has 1 unspecified atom stereocenters. The standard InChI is InChI=1S/C10H11BrN2OS/c1-6-3-5-15-10(6)8(13-12)9-7(11)2-4-14-9/h2-5,8,13H,12H2,1H3. The molecule has 0 saturated heterocycles. The predicted molar refractivity (Wildman–Crippen MR) is 64.6 cm³/mol. The lowest BCUT2D eigenvalue weighted by atomic mass is 10.1. The number of nitrogens with one attached hydrogen (secondary N) is 1. The third-order valence-electron chi connectivity index (χ3n) is 2.24. The molecule has 0 aliphatic heterocycles. The maximum absolute atomic E-state index is 5.57. The van der Waals surface area contributed by atoms with Gasteiger partial charge in [-0.05, 0) is 45.9 Å². The Hall–Kier alpha value is -0.620. The van der Waals surface area contributed by atoms with Crippen molar-refractivity contribution in [3.63, 3.8) is 0 Å². The van der Waals surface area contributed by atoms with Crippen LogP contribution in [0, 0.1) is 6.92 Å². The van der Waals surface area contributed by atoms with Crippen LogP contribution < -0.4 is 11.3 Å². The zero-order valence-electron chi connectivity index (χ0n) is 8.16. The Labute approximate surface area is 100 Å². The van der Waals surface area contributed by atoms with E-state index in [2.05, 4.69) is 34.3 Å². The van der Waals surface area contributed by atoms with Crippen LogP contribution in [0.1, 0.15) is 22.2 Å². The van der Waals surface area contributed by atoms with E-state index in [4.69, 9.17) is 10.3 Å². The SMILES string of the molecule is Cc1ccsc1C(NN)c1occc1Br. The Bertz CT molecular complexity index is 411. The number of rotatable bonds is 3. The van der Waals surface area contributed by atoms with Gasteiger partial charge in [0, 0.05) is 4.88 Å². The van der Waals surface area contributed by atoms with E-state index in [1.54, 1.807) is 17.6 Å². The van der Waals surface area contributed by atoms with Crippen LogP contribution in [0.25, 0.3) is 0 Å². The first-order chi connectivity index (χ1) is 7.24. The molecule has 3 nitrogen and oxygen atoms in total. The number of furan rings is 1. The van der Waals surface area contributed by atoms with Gasteiger partial charge in [-0.3, -0.25) is 5.84 Å². The number of aryl methyl sites for hydroxylation is 1. The first-order valence-corrected chi connectivity index (χ1v) is 6.14. The van der Waals surface area contributed by atoms with Crippen molar-refractivity contribution in [3.8, 4) is 0 Å². The van der Waals surface area contributed by atoms with Gasteiger partial charge in [0.05, 0.1) is 10.7 Å². The summed E-state index contributed by atoms with van der Waals surface area (Å²) in [5.74, 6) is 6.38. The quantitative estimate of drug-likeness (QED) is 0.674. The maximum Gasteiger partial charge on any atom is 0.141 e. The zero-order valence-corrected chi connectivity index (χ0v) is 10.6. The van der Waals surface area contributed by atoms with Crippen molar-refractivity contribution >= 4 is 27.3 Å². The number of hydrazine groups is 1. The van der Waals surface area contributed by atoms with Crippen LogP contribution in [0.4, 0.5) is 0 Å². The minimum absolute atomic E-state index is 0.0885. The van der Waals surface area contributed by atoms with Gasteiger partial charge in [-0.25, -0.2) is 5.43 Å². The second kappa shape index (κ2) is 4.49. The van der Waals surface area contributed by atoms with Crippen LogP contribution >= 0.6 is 27.3 Å². The summed E-state index contributed by atoms with van der Waals surface area (Å²) in [4.78, 5) is 1.17. The average molecular weight is 287 g/mol. The molecule has 2 heterocycles. The summed E-state index contributed by atoms with van der Waals surface area (Å²) >= 11 is 5.10. The molecule has 0 fully saturated rings. The summed E-state index contributed by atoms with van der Waals surface area (Å²) in [5.41, 5.74) is 3.99. The summed E-state index contributed by atoms with van der Waals surface area (Å²) in [6.07, 6.45) is 1.65. The molecular formula is C10H11BrN2OS. The monoisotopic (exact) mass is 286 g/mol. The molecule has 0 bridgehead atoms. The third-order valence-corrected chi connectivity index (χ3v) is 3.98. The molecule has 3 N–H and O–H groups in total. The van der Waals surface area contributed by atoms with E-state index in [0.717, 1.165) is 10.2 Å². The minimum atomic E-state index is -0.0885. The van der Waals surface area contributed by atoms with E-state index in [1.807, 2.05) is 11.4 Å². The van der Waals surface area contributed by atoms with Gasteiger partial charge in [0.15, 0.2) is 0 Å². The van der Waals surface area contributed by atoms with E-state index >= 15 is 0 Å². The van der Waals surface area contributed by atoms with Crippen LogP contribution in [-0.2, 0) is 0 Å². The van der Waals surface area contributed by atoms with Gasteiger partial charge in [0.2, 0.25) is 0 Å². The summed E-state index contributed by atoms with van der Waals surface area (Å²) < 4.78 is 6.34. The highest BCUT2D eigenvalue weighted by Crippen LogP contribution is 2.33. The number of thiophene rings is 1. The Morgan fingerprint density at radius 1 is 1.53 bits per heavy atom. The number of hydrogen-bond donors (Lipinski definition) is 2. The summed E-state index contributed by atoms with van der Waals surface area (Å²) in [5, 5.41) is 2.05. The van der Waals surface area contributed by atoms with Gasteiger partial charge in [-0.1, -0.05) is 0 Å². The molecule has 5 heteroatoms. The van der Waals surface area contributed by atoms with Crippen molar-refractivity contribution in [2.45, 2.75) is 13.0 Å². The van der Waals surface area contributed by atoms with Crippen molar-refractivity contribution < 1.29 is 4.42 Å². The number of halogens is 1. The molecule has 0 aromatic carbocycles. The Balaban J connectivity index is 2.41. The zero-order chi connectivity index (χ0) is 10.8. The first kappa shape index (κ1) is 10.9. The van der Waals surface area contributed by atoms with Gasteiger partial charge in [-0.2, -0.15) is 0 Å². The molecule has 2 rings (SSSR count). The smallest absolute Gasteiger partial charge is 0.141 e. The van der Waals surface area contributed by atoms with Crippen LogP contribution in [0.2, 0.25) is 0 Å².